The van der Waals surface area contributed by atoms with Gasteiger partial charge in [-0.05, 0) is 46.3 Å². The first kappa shape index (κ1) is 14.7. The summed E-state index contributed by atoms with van der Waals surface area (Å²) < 4.78 is 53.1. The highest BCUT2D eigenvalue weighted by atomic mass is 79.9. The predicted molar refractivity (Wildman–Crippen MR) is 75.7 cm³/mol. The monoisotopic (exact) mass is 362 g/mol. The lowest BCUT2D eigenvalue weighted by atomic mass is 10.3. The van der Waals surface area contributed by atoms with Gasteiger partial charge in [0.05, 0.1) is 15.8 Å². The highest BCUT2D eigenvalue weighted by molar-refractivity contribution is 9.10. The fraction of sp³-hybridized carbons (Fsp3) is 0. The van der Waals surface area contributed by atoms with E-state index in [1.165, 1.54) is 18.2 Å². The van der Waals surface area contributed by atoms with Gasteiger partial charge in [0.15, 0.2) is 0 Å². The summed E-state index contributed by atoms with van der Waals surface area (Å²) in [6, 6.07) is 7.14. The Bertz CT molecular complexity index is 766. The predicted octanol–water partition coefficient (Wildman–Crippen LogP) is 3.11. The normalized spacial score (nSPS) is 11.3. The van der Waals surface area contributed by atoms with Gasteiger partial charge < -0.3 is 5.73 Å². The average molecular weight is 363 g/mol. The van der Waals surface area contributed by atoms with Crippen molar-refractivity contribution in [1.82, 2.24) is 0 Å². The van der Waals surface area contributed by atoms with E-state index in [0.29, 0.717) is 0 Å². The lowest BCUT2D eigenvalue weighted by molar-refractivity contribution is 0.597. The zero-order chi connectivity index (χ0) is 14.9. The third-order valence-corrected chi connectivity index (χ3v) is 4.56. The van der Waals surface area contributed by atoms with Crippen molar-refractivity contribution in [3.05, 3.63) is 52.5 Å². The molecule has 0 saturated carbocycles. The van der Waals surface area contributed by atoms with E-state index < -0.39 is 32.2 Å². The van der Waals surface area contributed by atoms with Gasteiger partial charge in [0.1, 0.15) is 16.5 Å². The minimum Gasteiger partial charge on any atom is -0.395 e. The molecule has 0 fully saturated rings. The molecular formula is C12H9BrF2N2O2S. The van der Waals surface area contributed by atoms with Gasteiger partial charge in [-0.2, -0.15) is 0 Å². The highest BCUT2D eigenvalue weighted by Gasteiger charge is 2.19. The van der Waals surface area contributed by atoms with Crippen molar-refractivity contribution < 1.29 is 17.2 Å². The van der Waals surface area contributed by atoms with Crippen LogP contribution in [0.3, 0.4) is 0 Å². The van der Waals surface area contributed by atoms with Crippen molar-refractivity contribution in [2.24, 2.45) is 0 Å². The molecule has 0 heterocycles. The van der Waals surface area contributed by atoms with Crippen LogP contribution in [-0.2, 0) is 10.0 Å². The van der Waals surface area contributed by atoms with Crippen molar-refractivity contribution in [2.45, 2.75) is 4.90 Å². The number of sulfonamides is 1. The molecule has 0 aliphatic carbocycles. The molecule has 2 aromatic carbocycles. The van der Waals surface area contributed by atoms with Crippen LogP contribution >= 0.6 is 15.9 Å². The number of hydrogen-bond acceptors (Lipinski definition) is 3. The largest absolute Gasteiger partial charge is 0.395 e. The zero-order valence-electron chi connectivity index (χ0n) is 9.90. The van der Waals surface area contributed by atoms with E-state index in [-0.39, 0.29) is 10.2 Å². The maximum atomic E-state index is 13.3. The molecule has 0 atom stereocenters. The second-order valence-corrected chi connectivity index (χ2v) is 6.39. The Hall–Kier alpha value is -1.67. The van der Waals surface area contributed by atoms with Crippen LogP contribution in [0, 0.1) is 11.6 Å². The summed E-state index contributed by atoms with van der Waals surface area (Å²) >= 11 is 2.95. The topological polar surface area (TPSA) is 72.2 Å². The third-order valence-electron chi connectivity index (χ3n) is 2.47. The molecule has 0 aromatic heterocycles. The quantitative estimate of drug-likeness (QED) is 0.824. The van der Waals surface area contributed by atoms with Gasteiger partial charge in [-0.1, -0.05) is 6.07 Å². The molecular weight excluding hydrogens is 354 g/mol. The van der Waals surface area contributed by atoms with Crippen LogP contribution in [0.4, 0.5) is 20.2 Å². The van der Waals surface area contributed by atoms with Gasteiger partial charge in [-0.3, -0.25) is 4.72 Å². The zero-order valence-corrected chi connectivity index (χ0v) is 12.3. The van der Waals surface area contributed by atoms with Gasteiger partial charge in [0.25, 0.3) is 10.0 Å². The molecule has 3 N–H and O–H groups in total. The Morgan fingerprint density at radius 1 is 1.10 bits per heavy atom. The van der Waals surface area contributed by atoms with Crippen LogP contribution in [0.2, 0.25) is 0 Å². The molecule has 0 aliphatic rings. The van der Waals surface area contributed by atoms with E-state index in [0.717, 1.165) is 18.2 Å². The van der Waals surface area contributed by atoms with E-state index in [1.807, 2.05) is 0 Å². The standard InChI is InChI=1S/C12H9BrF2N2O2S/c13-8-5-4-7(6-10(8)15)17-20(18,19)11-3-1-2-9(14)12(11)16/h1-6,17H,16H2. The lowest BCUT2D eigenvalue weighted by Crippen LogP contribution is -2.15. The molecule has 8 heteroatoms. The first-order valence-corrected chi connectivity index (χ1v) is 7.61. The molecule has 106 valence electrons. The molecule has 0 saturated heterocycles. The third kappa shape index (κ3) is 2.91. The second kappa shape index (κ2) is 5.37. The van der Waals surface area contributed by atoms with E-state index in [1.54, 1.807) is 0 Å². The summed E-state index contributed by atoms with van der Waals surface area (Å²) in [5.74, 6) is -1.47. The number of nitrogen functional groups attached to an aromatic ring is 1. The molecule has 0 bridgehead atoms. The summed E-state index contributed by atoms with van der Waals surface area (Å²) in [6.45, 7) is 0. The van der Waals surface area contributed by atoms with Crippen molar-refractivity contribution in [2.75, 3.05) is 10.5 Å². The van der Waals surface area contributed by atoms with Crippen LogP contribution in [-0.4, -0.2) is 8.42 Å². The number of nitrogens with two attached hydrogens (primary N) is 1. The number of halogens is 3. The smallest absolute Gasteiger partial charge is 0.264 e. The van der Waals surface area contributed by atoms with Crippen LogP contribution in [0.1, 0.15) is 0 Å². The molecule has 2 rings (SSSR count). The number of benzene rings is 2. The SMILES string of the molecule is Nc1c(F)cccc1S(=O)(=O)Nc1ccc(Br)c(F)c1. The highest BCUT2D eigenvalue weighted by Crippen LogP contribution is 2.25. The summed E-state index contributed by atoms with van der Waals surface area (Å²) in [7, 11) is -4.09. The number of hydrogen-bond donors (Lipinski definition) is 2. The molecule has 0 radical (unpaired) electrons. The minimum atomic E-state index is -4.09. The molecule has 4 nitrogen and oxygen atoms in total. The Kier molecular flexibility index (Phi) is 3.96. The van der Waals surface area contributed by atoms with Crippen molar-refractivity contribution >= 4 is 37.3 Å². The fourth-order valence-corrected chi connectivity index (χ4v) is 2.96. The van der Waals surface area contributed by atoms with Gasteiger partial charge >= 0.3 is 0 Å². The molecule has 0 unspecified atom stereocenters. The molecule has 2 aromatic rings. The number of anilines is 2. The first-order valence-electron chi connectivity index (χ1n) is 5.33. The fourth-order valence-electron chi connectivity index (χ4n) is 1.52. The van der Waals surface area contributed by atoms with Gasteiger partial charge in [-0.25, -0.2) is 17.2 Å². The summed E-state index contributed by atoms with van der Waals surface area (Å²) in [5.41, 5.74) is 4.92. The van der Waals surface area contributed by atoms with Crippen LogP contribution in [0.15, 0.2) is 45.8 Å². The first-order chi connectivity index (χ1) is 9.31. The van der Waals surface area contributed by atoms with E-state index in [4.69, 9.17) is 5.73 Å². The van der Waals surface area contributed by atoms with E-state index in [9.17, 15) is 17.2 Å². The number of para-hydroxylation sites is 1. The molecule has 0 amide bonds. The summed E-state index contributed by atoms with van der Waals surface area (Å²) in [6.07, 6.45) is 0. The van der Waals surface area contributed by atoms with Crippen LogP contribution in [0.25, 0.3) is 0 Å². The van der Waals surface area contributed by atoms with Crippen molar-refractivity contribution in [3.8, 4) is 0 Å². The second-order valence-electron chi connectivity index (χ2n) is 3.89. The van der Waals surface area contributed by atoms with Crippen LogP contribution < -0.4 is 10.5 Å². The Labute approximate surface area is 122 Å². The minimum absolute atomic E-state index is 0.00867. The molecule has 0 aliphatic heterocycles. The lowest BCUT2D eigenvalue weighted by Gasteiger charge is -2.10. The maximum absolute atomic E-state index is 13.3. The summed E-state index contributed by atoms with van der Waals surface area (Å²) in [5, 5.41) is 0. The van der Waals surface area contributed by atoms with Crippen LogP contribution in [0.5, 0.6) is 0 Å². The Morgan fingerprint density at radius 3 is 2.45 bits per heavy atom. The Morgan fingerprint density at radius 2 is 1.80 bits per heavy atom. The van der Waals surface area contributed by atoms with Gasteiger partial charge in [0.2, 0.25) is 0 Å². The summed E-state index contributed by atoms with van der Waals surface area (Å²) in [4.78, 5) is -0.402. The van der Waals surface area contributed by atoms with Crippen molar-refractivity contribution in [1.29, 1.82) is 0 Å². The average Bonchev–Trinajstić information content (AvgIpc) is 2.36. The Balaban J connectivity index is 2.41. The van der Waals surface area contributed by atoms with E-state index >= 15 is 0 Å². The molecule has 0 spiro atoms. The van der Waals surface area contributed by atoms with Gasteiger partial charge in [-0.15, -0.1) is 0 Å². The molecule has 20 heavy (non-hydrogen) atoms. The van der Waals surface area contributed by atoms with Crippen molar-refractivity contribution in [3.63, 3.8) is 0 Å². The van der Waals surface area contributed by atoms with E-state index in [2.05, 4.69) is 20.7 Å². The van der Waals surface area contributed by atoms with Gasteiger partial charge in [0, 0.05) is 0 Å². The number of nitrogens with one attached hydrogen (secondary N) is 1. The number of rotatable bonds is 3. The maximum Gasteiger partial charge on any atom is 0.264 e.